The highest BCUT2D eigenvalue weighted by Crippen LogP contribution is 2.26. The second-order valence-electron chi connectivity index (χ2n) is 8.29. The van der Waals surface area contributed by atoms with Crippen LogP contribution in [0.15, 0.2) is 0 Å². The Morgan fingerprint density at radius 2 is 1.96 bits per heavy atom. The zero-order chi connectivity index (χ0) is 19.3. The average molecular weight is 406 g/mol. The molecule has 156 valence electrons. The van der Waals surface area contributed by atoms with Crippen molar-refractivity contribution in [3.8, 4) is 0 Å². The van der Waals surface area contributed by atoms with Crippen molar-refractivity contribution < 1.29 is 4.79 Å². The lowest BCUT2D eigenvalue weighted by Crippen LogP contribution is -2.42. The highest BCUT2D eigenvalue weighted by Gasteiger charge is 2.31. The van der Waals surface area contributed by atoms with E-state index in [1.807, 2.05) is 16.7 Å². The molecule has 1 unspecified atom stereocenters. The summed E-state index contributed by atoms with van der Waals surface area (Å²) in [6.07, 6.45) is 7.21. The number of piperidine rings is 1. The Labute approximate surface area is 173 Å². The van der Waals surface area contributed by atoms with Crippen molar-refractivity contribution in [1.82, 2.24) is 24.9 Å². The van der Waals surface area contributed by atoms with Gasteiger partial charge in [0.25, 0.3) is 5.91 Å². The van der Waals surface area contributed by atoms with E-state index in [1.54, 1.807) is 0 Å². The number of hydrogen-bond donors (Lipinski definition) is 1. The van der Waals surface area contributed by atoms with Crippen LogP contribution in [0.4, 0.5) is 0 Å². The fraction of sp³-hybridized carbons (Fsp3) is 0.810. The number of aryl methyl sites for hydroxylation is 1. The molecule has 6 nitrogen and oxygen atoms in total. The van der Waals surface area contributed by atoms with E-state index < -0.39 is 0 Å². The highest BCUT2D eigenvalue weighted by molar-refractivity contribution is 7.99. The fourth-order valence-electron chi connectivity index (χ4n) is 4.82. The Bertz CT molecular complexity index is 664. The van der Waals surface area contributed by atoms with Gasteiger partial charge in [-0.05, 0) is 52.1 Å². The lowest BCUT2D eigenvalue weighted by Gasteiger charge is -2.29. The number of carbonyl (C=O) groups is 1. The standard InChI is InChI=1S/C21H35N5OS/c1-2-26-19-7-6-17(22-8-11-24-9-4-3-5-10-24)16-18(19)20(23-26)21(27)25-12-14-28-15-13-25/h17,22H,2-16H2,1H3. The van der Waals surface area contributed by atoms with Crippen molar-refractivity contribution >= 4 is 17.7 Å². The Balaban J connectivity index is 1.39. The van der Waals surface area contributed by atoms with Crippen molar-refractivity contribution in [1.29, 1.82) is 0 Å². The lowest BCUT2D eigenvalue weighted by molar-refractivity contribution is 0.0764. The molecular weight excluding hydrogens is 370 g/mol. The summed E-state index contributed by atoms with van der Waals surface area (Å²) in [5.41, 5.74) is 3.24. The maximum atomic E-state index is 13.1. The van der Waals surface area contributed by atoms with Crippen LogP contribution in [-0.2, 0) is 19.4 Å². The summed E-state index contributed by atoms with van der Waals surface area (Å²) >= 11 is 1.94. The Morgan fingerprint density at radius 1 is 1.18 bits per heavy atom. The van der Waals surface area contributed by atoms with E-state index in [0.717, 1.165) is 69.2 Å². The monoisotopic (exact) mass is 405 g/mol. The SMILES string of the molecule is CCn1nc(C(=O)N2CCSCC2)c2c1CCC(NCCN1CCCCC1)C2. The molecule has 1 atom stereocenters. The van der Waals surface area contributed by atoms with E-state index in [2.05, 4.69) is 21.8 Å². The minimum atomic E-state index is 0.151. The molecule has 1 aromatic heterocycles. The van der Waals surface area contributed by atoms with Gasteiger partial charge in [-0.3, -0.25) is 9.48 Å². The normalized spacial score (nSPS) is 23.6. The molecule has 1 N–H and O–H groups in total. The molecule has 1 amide bonds. The smallest absolute Gasteiger partial charge is 0.274 e. The third-order valence-corrected chi connectivity index (χ3v) is 7.40. The van der Waals surface area contributed by atoms with E-state index in [9.17, 15) is 4.79 Å². The molecule has 3 heterocycles. The maximum absolute atomic E-state index is 13.1. The summed E-state index contributed by atoms with van der Waals surface area (Å²) in [7, 11) is 0. The number of carbonyl (C=O) groups excluding carboxylic acids is 1. The predicted molar refractivity (Wildman–Crippen MR) is 115 cm³/mol. The number of rotatable bonds is 6. The molecule has 2 saturated heterocycles. The minimum Gasteiger partial charge on any atom is -0.336 e. The third kappa shape index (κ3) is 4.57. The molecule has 0 saturated carbocycles. The van der Waals surface area contributed by atoms with E-state index in [0.29, 0.717) is 6.04 Å². The number of nitrogens with zero attached hydrogens (tertiary/aromatic N) is 4. The maximum Gasteiger partial charge on any atom is 0.274 e. The quantitative estimate of drug-likeness (QED) is 0.785. The zero-order valence-electron chi connectivity index (χ0n) is 17.3. The summed E-state index contributed by atoms with van der Waals surface area (Å²) in [4.78, 5) is 17.7. The molecule has 28 heavy (non-hydrogen) atoms. The van der Waals surface area contributed by atoms with Gasteiger partial charge in [-0.1, -0.05) is 6.42 Å². The number of aromatic nitrogens is 2. The Hall–Kier alpha value is -1.05. The van der Waals surface area contributed by atoms with Gasteiger partial charge in [0, 0.05) is 61.5 Å². The molecule has 3 aliphatic rings. The van der Waals surface area contributed by atoms with Gasteiger partial charge >= 0.3 is 0 Å². The van der Waals surface area contributed by atoms with Gasteiger partial charge in [-0.15, -0.1) is 0 Å². The Kier molecular flexibility index (Phi) is 6.96. The first-order chi connectivity index (χ1) is 13.8. The van der Waals surface area contributed by atoms with Gasteiger partial charge in [0.05, 0.1) is 0 Å². The fourth-order valence-corrected chi connectivity index (χ4v) is 5.72. The van der Waals surface area contributed by atoms with Crippen molar-refractivity contribution in [3.63, 3.8) is 0 Å². The molecule has 2 aliphatic heterocycles. The molecule has 0 aromatic carbocycles. The number of thioether (sulfide) groups is 1. The van der Waals surface area contributed by atoms with E-state index in [1.165, 1.54) is 43.6 Å². The largest absolute Gasteiger partial charge is 0.336 e. The third-order valence-electron chi connectivity index (χ3n) is 6.46. The second-order valence-corrected chi connectivity index (χ2v) is 9.52. The van der Waals surface area contributed by atoms with Crippen molar-refractivity contribution in [2.24, 2.45) is 0 Å². The minimum absolute atomic E-state index is 0.151. The van der Waals surface area contributed by atoms with E-state index in [-0.39, 0.29) is 5.91 Å². The van der Waals surface area contributed by atoms with Crippen LogP contribution in [0, 0.1) is 0 Å². The topological polar surface area (TPSA) is 53.4 Å². The van der Waals surface area contributed by atoms with Gasteiger partial charge in [0.15, 0.2) is 5.69 Å². The molecule has 0 bridgehead atoms. The highest BCUT2D eigenvalue weighted by atomic mass is 32.2. The Morgan fingerprint density at radius 3 is 2.71 bits per heavy atom. The molecule has 0 radical (unpaired) electrons. The molecule has 2 fully saturated rings. The first-order valence-corrected chi connectivity index (χ1v) is 12.3. The lowest BCUT2D eigenvalue weighted by atomic mass is 9.91. The summed E-state index contributed by atoms with van der Waals surface area (Å²) < 4.78 is 2.07. The molecule has 4 rings (SSSR count). The van der Waals surface area contributed by atoms with Gasteiger partial charge in [0.2, 0.25) is 0 Å². The summed E-state index contributed by atoms with van der Waals surface area (Å²) in [6, 6.07) is 0.468. The summed E-state index contributed by atoms with van der Waals surface area (Å²) in [6.45, 7) is 9.40. The number of amides is 1. The summed E-state index contributed by atoms with van der Waals surface area (Å²) in [5.74, 6) is 2.24. The van der Waals surface area contributed by atoms with Crippen LogP contribution >= 0.6 is 11.8 Å². The van der Waals surface area contributed by atoms with Gasteiger partial charge in [-0.25, -0.2) is 0 Å². The van der Waals surface area contributed by atoms with Crippen molar-refractivity contribution in [2.45, 2.75) is 58.0 Å². The molecule has 1 aliphatic carbocycles. The van der Waals surface area contributed by atoms with Gasteiger partial charge < -0.3 is 15.1 Å². The number of fused-ring (bicyclic) bond motifs is 1. The van der Waals surface area contributed by atoms with Crippen LogP contribution in [0.1, 0.15) is 54.4 Å². The van der Waals surface area contributed by atoms with Gasteiger partial charge in [0.1, 0.15) is 0 Å². The van der Waals surface area contributed by atoms with Crippen LogP contribution in [0.5, 0.6) is 0 Å². The second kappa shape index (κ2) is 9.63. The first kappa shape index (κ1) is 20.2. The van der Waals surface area contributed by atoms with Crippen LogP contribution in [0.3, 0.4) is 0 Å². The predicted octanol–water partition coefficient (Wildman–Crippen LogP) is 2.02. The van der Waals surface area contributed by atoms with Crippen molar-refractivity contribution in [2.75, 3.05) is 50.8 Å². The van der Waals surface area contributed by atoms with Crippen LogP contribution in [0.25, 0.3) is 0 Å². The van der Waals surface area contributed by atoms with Crippen LogP contribution in [0.2, 0.25) is 0 Å². The van der Waals surface area contributed by atoms with Crippen molar-refractivity contribution in [3.05, 3.63) is 17.0 Å². The van der Waals surface area contributed by atoms with E-state index in [4.69, 9.17) is 5.10 Å². The first-order valence-electron chi connectivity index (χ1n) is 11.2. The molecule has 7 heteroatoms. The number of hydrogen-bond acceptors (Lipinski definition) is 5. The van der Waals surface area contributed by atoms with Crippen LogP contribution < -0.4 is 5.32 Å². The van der Waals surface area contributed by atoms with Crippen LogP contribution in [-0.4, -0.2) is 82.3 Å². The van der Waals surface area contributed by atoms with E-state index >= 15 is 0 Å². The molecular formula is C21H35N5OS. The number of nitrogens with one attached hydrogen (secondary N) is 1. The molecule has 1 aromatic rings. The summed E-state index contributed by atoms with van der Waals surface area (Å²) in [5, 5.41) is 8.53. The van der Waals surface area contributed by atoms with Gasteiger partial charge in [-0.2, -0.15) is 16.9 Å². The number of likely N-dealkylation sites (tertiary alicyclic amines) is 1. The molecule has 0 spiro atoms. The average Bonchev–Trinajstić information content (AvgIpc) is 3.12. The zero-order valence-corrected chi connectivity index (χ0v) is 18.1.